The maximum Gasteiger partial charge on any atom is 0.0206 e. The van der Waals surface area contributed by atoms with E-state index in [-0.39, 0.29) is 0 Å². The lowest BCUT2D eigenvalue weighted by atomic mass is 10.2. The topological polar surface area (TPSA) is 15.3 Å². The van der Waals surface area contributed by atoms with Gasteiger partial charge in [0.1, 0.15) is 0 Å². The molecule has 0 aliphatic heterocycles. The van der Waals surface area contributed by atoms with E-state index in [0.717, 1.165) is 30.7 Å². The van der Waals surface area contributed by atoms with Gasteiger partial charge in [0, 0.05) is 24.1 Å². The second kappa shape index (κ2) is 6.99. The molecule has 15 heavy (non-hydrogen) atoms. The maximum absolute atomic E-state index is 3.43. The number of likely N-dealkylation sites (N-methyl/N-ethyl adjacent to an activating group) is 1. The molecule has 0 spiro atoms. The predicted octanol–water partition coefficient (Wildman–Crippen LogP) is 2.49. The molecule has 0 saturated heterocycles. The molecule has 84 valence electrons. The van der Waals surface area contributed by atoms with Gasteiger partial charge < -0.3 is 10.2 Å². The average Bonchev–Trinajstić information content (AvgIpc) is 2.26. The number of benzene rings is 1. The van der Waals surface area contributed by atoms with Gasteiger partial charge in [-0.1, -0.05) is 35.0 Å². The van der Waals surface area contributed by atoms with Crippen molar-refractivity contribution >= 4 is 15.9 Å². The lowest BCUT2D eigenvalue weighted by Gasteiger charge is -2.13. The molecule has 1 rings (SSSR count). The molecule has 0 unspecified atom stereocenters. The largest absolute Gasteiger partial charge is 0.311 e. The Morgan fingerprint density at radius 2 is 1.93 bits per heavy atom. The monoisotopic (exact) mass is 270 g/mol. The fraction of sp³-hybridized carbons (Fsp3) is 0.500. The summed E-state index contributed by atoms with van der Waals surface area (Å²) in [6.07, 6.45) is 0. The first-order valence-electron chi connectivity index (χ1n) is 5.36. The Balaban J connectivity index is 2.17. The summed E-state index contributed by atoms with van der Waals surface area (Å²) in [5.74, 6) is 0. The molecule has 0 heterocycles. The highest BCUT2D eigenvalue weighted by Gasteiger charge is 1.95. The zero-order valence-corrected chi connectivity index (χ0v) is 11.0. The van der Waals surface area contributed by atoms with E-state index in [1.165, 1.54) is 5.56 Å². The Kier molecular flexibility index (Phi) is 5.91. The second-order valence-corrected chi connectivity index (χ2v) is 4.61. The van der Waals surface area contributed by atoms with Crippen LogP contribution in [-0.4, -0.2) is 31.6 Å². The Hall–Kier alpha value is -0.380. The highest BCUT2D eigenvalue weighted by atomic mass is 79.9. The number of nitrogens with zero attached hydrogens (tertiary/aromatic N) is 1. The summed E-state index contributed by atoms with van der Waals surface area (Å²) in [6.45, 7) is 6.38. The van der Waals surface area contributed by atoms with Crippen LogP contribution in [0.1, 0.15) is 12.5 Å². The third-order valence-electron chi connectivity index (χ3n) is 2.45. The molecule has 0 radical (unpaired) electrons. The van der Waals surface area contributed by atoms with Crippen molar-refractivity contribution in [3.05, 3.63) is 34.3 Å². The van der Waals surface area contributed by atoms with Gasteiger partial charge >= 0.3 is 0 Å². The van der Waals surface area contributed by atoms with Crippen LogP contribution in [0.3, 0.4) is 0 Å². The fourth-order valence-electron chi connectivity index (χ4n) is 1.26. The summed E-state index contributed by atoms with van der Waals surface area (Å²) in [4.78, 5) is 2.30. The molecule has 0 aromatic heterocycles. The van der Waals surface area contributed by atoms with E-state index in [1.807, 2.05) is 0 Å². The number of hydrogen-bond donors (Lipinski definition) is 1. The van der Waals surface area contributed by atoms with E-state index >= 15 is 0 Å². The molecule has 0 atom stereocenters. The summed E-state index contributed by atoms with van der Waals surface area (Å²) in [5, 5.41) is 3.43. The van der Waals surface area contributed by atoms with Crippen molar-refractivity contribution in [2.45, 2.75) is 13.5 Å². The van der Waals surface area contributed by atoms with Crippen molar-refractivity contribution in [3.8, 4) is 0 Å². The molecular weight excluding hydrogens is 252 g/mol. The molecule has 3 heteroatoms. The van der Waals surface area contributed by atoms with Crippen LogP contribution in [0.15, 0.2) is 28.7 Å². The molecule has 2 nitrogen and oxygen atoms in total. The third kappa shape index (κ3) is 5.30. The molecule has 1 aromatic carbocycles. The fourth-order valence-corrected chi connectivity index (χ4v) is 1.53. The van der Waals surface area contributed by atoms with E-state index in [4.69, 9.17) is 0 Å². The molecule has 0 fully saturated rings. The Labute approximate surface area is 101 Å². The van der Waals surface area contributed by atoms with Gasteiger partial charge in [0.15, 0.2) is 0 Å². The van der Waals surface area contributed by atoms with E-state index in [9.17, 15) is 0 Å². The third-order valence-corrected chi connectivity index (χ3v) is 2.98. The van der Waals surface area contributed by atoms with Crippen molar-refractivity contribution in [1.82, 2.24) is 10.2 Å². The van der Waals surface area contributed by atoms with Crippen LogP contribution in [0.25, 0.3) is 0 Å². The van der Waals surface area contributed by atoms with Crippen molar-refractivity contribution in [1.29, 1.82) is 0 Å². The minimum atomic E-state index is 0.949. The number of nitrogens with one attached hydrogen (secondary N) is 1. The molecule has 1 aromatic rings. The van der Waals surface area contributed by atoms with Crippen molar-refractivity contribution in [2.75, 3.05) is 26.7 Å². The summed E-state index contributed by atoms with van der Waals surface area (Å²) in [6, 6.07) is 8.44. The van der Waals surface area contributed by atoms with E-state index in [1.54, 1.807) is 0 Å². The lowest BCUT2D eigenvalue weighted by molar-refractivity contribution is 0.349. The SMILES string of the molecule is CCN(C)CCNCc1ccc(Br)cc1. The van der Waals surface area contributed by atoms with Crippen LogP contribution in [0.5, 0.6) is 0 Å². The summed E-state index contributed by atoms with van der Waals surface area (Å²) in [5.41, 5.74) is 1.33. The van der Waals surface area contributed by atoms with Gasteiger partial charge in [0.25, 0.3) is 0 Å². The highest BCUT2D eigenvalue weighted by Crippen LogP contribution is 2.09. The second-order valence-electron chi connectivity index (χ2n) is 3.70. The smallest absolute Gasteiger partial charge is 0.0206 e. The first-order chi connectivity index (χ1) is 7.22. The summed E-state index contributed by atoms with van der Waals surface area (Å²) in [7, 11) is 2.14. The number of halogens is 1. The summed E-state index contributed by atoms with van der Waals surface area (Å²) < 4.78 is 1.14. The van der Waals surface area contributed by atoms with Gasteiger partial charge in [-0.2, -0.15) is 0 Å². The van der Waals surface area contributed by atoms with Crippen LogP contribution in [0, 0.1) is 0 Å². The van der Waals surface area contributed by atoms with Crippen LogP contribution >= 0.6 is 15.9 Å². The quantitative estimate of drug-likeness (QED) is 0.800. The van der Waals surface area contributed by atoms with Gasteiger partial charge in [0.2, 0.25) is 0 Å². The molecule has 0 amide bonds. The van der Waals surface area contributed by atoms with E-state index < -0.39 is 0 Å². The van der Waals surface area contributed by atoms with Crippen LogP contribution < -0.4 is 5.32 Å². The van der Waals surface area contributed by atoms with Crippen LogP contribution in [0.4, 0.5) is 0 Å². The molecule has 0 saturated carbocycles. The van der Waals surface area contributed by atoms with Crippen LogP contribution in [-0.2, 0) is 6.54 Å². The molecule has 0 bridgehead atoms. The van der Waals surface area contributed by atoms with Gasteiger partial charge in [0.05, 0.1) is 0 Å². The van der Waals surface area contributed by atoms with Gasteiger partial charge in [-0.05, 0) is 31.3 Å². The molecule has 0 aliphatic rings. The normalized spacial score (nSPS) is 10.9. The summed E-state index contributed by atoms with van der Waals surface area (Å²) >= 11 is 3.43. The van der Waals surface area contributed by atoms with Gasteiger partial charge in [-0.15, -0.1) is 0 Å². The minimum absolute atomic E-state index is 0.949. The molecule has 0 aliphatic carbocycles. The Morgan fingerprint density at radius 3 is 2.53 bits per heavy atom. The zero-order valence-electron chi connectivity index (χ0n) is 9.46. The average molecular weight is 271 g/mol. The maximum atomic E-state index is 3.43. The van der Waals surface area contributed by atoms with Gasteiger partial charge in [-0.3, -0.25) is 0 Å². The Bertz CT molecular complexity index is 271. The number of hydrogen-bond acceptors (Lipinski definition) is 2. The van der Waals surface area contributed by atoms with Crippen LogP contribution in [0.2, 0.25) is 0 Å². The minimum Gasteiger partial charge on any atom is -0.311 e. The zero-order chi connectivity index (χ0) is 11.1. The first kappa shape index (κ1) is 12.7. The Morgan fingerprint density at radius 1 is 1.27 bits per heavy atom. The van der Waals surface area contributed by atoms with Gasteiger partial charge in [-0.25, -0.2) is 0 Å². The van der Waals surface area contributed by atoms with Crippen molar-refractivity contribution < 1.29 is 0 Å². The van der Waals surface area contributed by atoms with E-state index in [2.05, 4.69) is 64.4 Å². The molecular formula is C12H19BrN2. The predicted molar refractivity (Wildman–Crippen MR) is 69.0 cm³/mol. The first-order valence-corrected chi connectivity index (χ1v) is 6.15. The van der Waals surface area contributed by atoms with E-state index in [0.29, 0.717) is 0 Å². The lowest BCUT2D eigenvalue weighted by Crippen LogP contribution is -2.28. The standard InChI is InChI=1S/C12H19BrN2/c1-3-15(2)9-8-14-10-11-4-6-12(13)7-5-11/h4-7,14H,3,8-10H2,1-2H3. The molecule has 1 N–H and O–H groups in total. The van der Waals surface area contributed by atoms with Crippen molar-refractivity contribution in [2.24, 2.45) is 0 Å². The van der Waals surface area contributed by atoms with Crippen molar-refractivity contribution in [3.63, 3.8) is 0 Å². The highest BCUT2D eigenvalue weighted by molar-refractivity contribution is 9.10. The number of rotatable bonds is 6.